The summed E-state index contributed by atoms with van der Waals surface area (Å²) in [6, 6.07) is 7.41. The van der Waals surface area contributed by atoms with Crippen LogP contribution in [0.2, 0.25) is 5.02 Å². The number of thioether (sulfide) groups is 1. The second kappa shape index (κ2) is 6.32. The molecule has 0 bridgehead atoms. The van der Waals surface area contributed by atoms with Gasteiger partial charge in [0.25, 0.3) is 5.89 Å². The molecular weight excluding hydrogens is 308 g/mol. The fraction of sp³-hybridized carbons (Fsp3) is 0.214. The van der Waals surface area contributed by atoms with Gasteiger partial charge >= 0.3 is 0 Å². The van der Waals surface area contributed by atoms with Gasteiger partial charge in [0, 0.05) is 18.9 Å². The molecule has 7 heteroatoms. The van der Waals surface area contributed by atoms with Gasteiger partial charge in [-0.05, 0) is 19.1 Å². The Bertz CT molecular complexity index is 740. The summed E-state index contributed by atoms with van der Waals surface area (Å²) in [7, 11) is 0. The Labute approximate surface area is 131 Å². The zero-order chi connectivity index (χ0) is 14.7. The van der Waals surface area contributed by atoms with Crippen molar-refractivity contribution in [1.29, 1.82) is 0 Å². The van der Waals surface area contributed by atoms with E-state index >= 15 is 0 Å². The zero-order valence-electron chi connectivity index (χ0n) is 11.4. The summed E-state index contributed by atoms with van der Waals surface area (Å²) in [5.74, 6) is 1.67. The number of aromatic nitrogens is 4. The highest BCUT2D eigenvalue weighted by atomic mass is 35.5. The first-order chi connectivity index (χ1) is 10.3. The van der Waals surface area contributed by atoms with Crippen molar-refractivity contribution in [2.24, 2.45) is 0 Å². The minimum atomic E-state index is 0.440. The summed E-state index contributed by atoms with van der Waals surface area (Å²) >= 11 is 7.70. The van der Waals surface area contributed by atoms with Gasteiger partial charge in [0.15, 0.2) is 11.0 Å². The SMILES string of the molecule is CCn1ccnc1SCc1noc(-c2ccccc2Cl)n1. The Hall–Kier alpha value is -1.79. The van der Waals surface area contributed by atoms with Gasteiger partial charge in [-0.1, -0.05) is 40.7 Å². The molecule has 0 unspecified atom stereocenters. The average Bonchev–Trinajstić information content (AvgIpc) is 3.14. The van der Waals surface area contributed by atoms with Gasteiger partial charge in [-0.15, -0.1) is 0 Å². The Morgan fingerprint density at radius 1 is 1.33 bits per heavy atom. The molecule has 1 aromatic carbocycles. The molecule has 0 aliphatic rings. The number of halogens is 1. The third-order valence-electron chi connectivity index (χ3n) is 2.92. The maximum Gasteiger partial charge on any atom is 0.259 e. The summed E-state index contributed by atoms with van der Waals surface area (Å²) < 4.78 is 7.34. The van der Waals surface area contributed by atoms with Crippen LogP contribution in [-0.4, -0.2) is 19.7 Å². The van der Waals surface area contributed by atoms with Crippen LogP contribution in [0.3, 0.4) is 0 Å². The van der Waals surface area contributed by atoms with Crippen LogP contribution in [0.5, 0.6) is 0 Å². The summed E-state index contributed by atoms with van der Waals surface area (Å²) in [5, 5.41) is 5.53. The van der Waals surface area contributed by atoms with Crippen molar-refractivity contribution in [3.05, 3.63) is 47.5 Å². The van der Waals surface area contributed by atoms with E-state index in [1.165, 1.54) is 0 Å². The molecule has 0 fully saturated rings. The van der Waals surface area contributed by atoms with Gasteiger partial charge in [-0.25, -0.2) is 4.98 Å². The van der Waals surface area contributed by atoms with Gasteiger partial charge in [0.05, 0.1) is 16.3 Å². The van der Waals surface area contributed by atoms with E-state index in [9.17, 15) is 0 Å². The number of hydrogen-bond donors (Lipinski definition) is 0. The van der Waals surface area contributed by atoms with Crippen LogP contribution in [0.15, 0.2) is 46.3 Å². The molecule has 21 heavy (non-hydrogen) atoms. The lowest BCUT2D eigenvalue weighted by atomic mass is 10.2. The number of imidazole rings is 1. The molecule has 0 radical (unpaired) electrons. The molecular formula is C14H13ClN4OS. The van der Waals surface area contributed by atoms with Crippen molar-refractivity contribution in [3.63, 3.8) is 0 Å². The second-order valence-corrected chi connectivity index (χ2v) is 5.63. The molecule has 0 saturated heterocycles. The van der Waals surface area contributed by atoms with Crippen molar-refractivity contribution in [2.75, 3.05) is 0 Å². The van der Waals surface area contributed by atoms with Crippen molar-refractivity contribution in [1.82, 2.24) is 19.7 Å². The predicted octanol–water partition coefficient (Wildman–Crippen LogP) is 3.90. The first-order valence-electron chi connectivity index (χ1n) is 6.49. The standard InChI is InChI=1S/C14H13ClN4OS/c1-2-19-8-7-16-14(19)21-9-12-17-13(20-18-12)10-5-3-4-6-11(10)15/h3-8H,2,9H2,1H3. The third kappa shape index (κ3) is 3.11. The largest absolute Gasteiger partial charge is 0.334 e. The van der Waals surface area contributed by atoms with Crippen LogP contribution in [0.4, 0.5) is 0 Å². The Morgan fingerprint density at radius 3 is 3.00 bits per heavy atom. The predicted molar refractivity (Wildman–Crippen MR) is 82.2 cm³/mol. The molecule has 108 valence electrons. The zero-order valence-corrected chi connectivity index (χ0v) is 12.9. The number of benzene rings is 1. The summed E-state index contributed by atoms with van der Waals surface area (Å²) in [6.07, 6.45) is 3.74. The maximum absolute atomic E-state index is 6.12. The highest BCUT2D eigenvalue weighted by molar-refractivity contribution is 7.98. The Kier molecular flexibility index (Phi) is 4.26. The highest BCUT2D eigenvalue weighted by Crippen LogP contribution is 2.27. The Balaban J connectivity index is 1.73. The minimum Gasteiger partial charge on any atom is -0.334 e. The lowest BCUT2D eigenvalue weighted by molar-refractivity contribution is 0.425. The maximum atomic E-state index is 6.12. The normalized spacial score (nSPS) is 11.0. The van der Waals surface area contributed by atoms with E-state index in [0.717, 1.165) is 17.3 Å². The first kappa shape index (κ1) is 14.2. The van der Waals surface area contributed by atoms with Crippen LogP contribution >= 0.6 is 23.4 Å². The molecule has 0 N–H and O–H groups in total. The molecule has 5 nitrogen and oxygen atoms in total. The molecule has 3 aromatic rings. The van der Waals surface area contributed by atoms with Crippen molar-refractivity contribution >= 4 is 23.4 Å². The molecule has 0 aliphatic carbocycles. The van der Waals surface area contributed by atoms with Gasteiger partial charge in [0.1, 0.15) is 0 Å². The summed E-state index contributed by atoms with van der Waals surface area (Å²) in [4.78, 5) is 8.68. The van der Waals surface area contributed by atoms with Crippen LogP contribution in [0.25, 0.3) is 11.5 Å². The van der Waals surface area contributed by atoms with E-state index in [0.29, 0.717) is 22.5 Å². The van der Waals surface area contributed by atoms with Gasteiger partial charge < -0.3 is 9.09 Å². The van der Waals surface area contributed by atoms with Crippen LogP contribution in [0, 0.1) is 0 Å². The van der Waals surface area contributed by atoms with E-state index in [4.69, 9.17) is 16.1 Å². The number of nitrogens with zero attached hydrogens (tertiary/aromatic N) is 4. The molecule has 0 atom stereocenters. The van der Waals surface area contributed by atoms with Crippen molar-refractivity contribution in [3.8, 4) is 11.5 Å². The monoisotopic (exact) mass is 320 g/mol. The molecule has 3 rings (SSSR count). The fourth-order valence-corrected chi connectivity index (χ4v) is 2.95. The van der Waals surface area contributed by atoms with E-state index in [-0.39, 0.29) is 0 Å². The van der Waals surface area contributed by atoms with Crippen LogP contribution in [0.1, 0.15) is 12.7 Å². The molecule has 2 aromatic heterocycles. The van der Waals surface area contributed by atoms with E-state index in [1.807, 2.05) is 24.4 Å². The molecule has 2 heterocycles. The quantitative estimate of drug-likeness (QED) is 0.667. The molecule has 0 aliphatic heterocycles. The minimum absolute atomic E-state index is 0.440. The summed E-state index contributed by atoms with van der Waals surface area (Å²) in [5.41, 5.74) is 0.748. The molecule has 0 spiro atoms. The van der Waals surface area contributed by atoms with Gasteiger partial charge in [-0.3, -0.25) is 0 Å². The van der Waals surface area contributed by atoms with Crippen LogP contribution in [-0.2, 0) is 12.3 Å². The van der Waals surface area contributed by atoms with Crippen molar-refractivity contribution < 1.29 is 4.52 Å². The number of hydrogen-bond acceptors (Lipinski definition) is 5. The second-order valence-electron chi connectivity index (χ2n) is 4.28. The average molecular weight is 321 g/mol. The van der Waals surface area contributed by atoms with E-state index in [2.05, 4.69) is 26.6 Å². The third-order valence-corrected chi connectivity index (χ3v) is 4.25. The topological polar surface area (TPSA) is 56.7 Å². The highest BCUT2D eigenvalue weighted by Gasteiger charge is 2.12. The summed E-state index contributed by atoms with van der Waals surface area (Å²) in [6.45, 7) is 2.97. The van der Waals surface area contributed by atoms with Gasteiger partial charge in [0.2, 0.25) is 0 Å². The number of rotatable bonds is 5. The van der Waals surface area contributed by atoms with E-state index < -0.39 is 0 Å². The molecule has 0 amide bonds. The smallest absolute Gasteiger partial charge is 0.259 e. The fourth-order valence-electron chi connectivity index (χ4n) is 1.86. The Morgan fingerprint density at radius 2 is 2.19 bits per heavy atom. The van der Waals surface area contributed by atoms with E-state index in [1.54, 1.807) is 24.0 Å². The van der Waals surface area contributed by atoms with Crippen molar-refractivity contribution in [2.45, 2.75) is 24.4 Å². The number of aryl methyl sites for hydroxylation is 1. The lowest BCUT2D eigenvalue weighted by Gasteiger charge is -2.01. The lowest BCUT2D eigenvalue weighted by Crippen LogP contribution is -1.95. The van der Waals surface area contributed by atoms with Gasteiger partial charge in [-0.2, -0.15) is 4.98 Å². The molecule has 0 saturated carbocycles. The first-order valence-corrected chi connectivity index (χ1v) is 7.85. The van der Waals surface area contributed by atoms with Crippen LogP contribution < -0.4 is 0 Å².